The molecule has 2 aliphatic rings. The lowest BCUT2D eigenvalue weighted by Gasteiger charge is -2.35. The fourth-order valence-electron chi connectivity index (χ4n) is 4.34. The normalized spacial score (nSPS) is 18.5. The Kier molecular flexibility index (Phi) is 6.75. The molecule has 1 heterocycles. The summed E-state index contributed by atoms with van der Waals surface area (Å²) in [5, 5.41) is 3.26. The highest BCUT2D eigenvalue weighted by atomic mass is 16.2. The molecule has 0 bridgehead atoms. The zero-order valence-corrected chi connectivity index (χ0v) is 16.7. The minimum atomic E-state index is 0.0871. The van der Waals surface area contributed by atoms with E-state index < -0.39 is 0 Å². The van der Waals surface area contributed by atoms with Crippen molar-refractivity contribution in [2.24, 2.45) is 5.92 Å². The van der Waals surface area contributed by atoms with E-state index in [0.29, 0.717) is 0 Å². The molecule has 3 rings (SSSR count). The average molecular weight is 372 g/mol. The molecule has 2 fully saturated rings. The van der Waals surface area contributed by atoms with E-state index in [1.54, 1.807) is 4.90 Å². The van der Waals surface area contributed by atoms with Gasteiger partial charge in [-0.15, -0.1) is 0 Å². The minimum absolute atomic E-state index is 0.0871. The lowest BCUT2D eigenvalue weighted by Crippen LogP contribution is -2.46. The van der Waals surface area contributed by atoms with Crippen LogP contribution in [0, 0.1) is 5.92 Å². The summed E-state index contributed by atoms with van der Waals surface area (Å²) in [7, 11) is 1.87. The molecule has 0 radical (unpaired) electrons. The van der Waals surface area contributed by atoms with E-state index >= 15 is 0 Å². The second kappa shape index (κ2) is 9.25. The highest BCUT2D eigenvalue weighted by Crippen LogP contribution is 2.27. The number of amides is 2. The number of benzene rings is 1. The first-order valence-corrected chi connectivity index (χ1v) is 10.5. The number of hydrogen-bond acceptors (Lipinski definition) is 3. The summed E-state index contributed by atoms with van der Waals surface area (Å²) in [6.07, 6.45) is 7.30. The molecule has 5 nitrogen and oxygen atoms in total. The van der Waals surface area contributed by atoms with E-state index in [9.17, 15) is 9.59 Å². The van der Waals surface area contributed by atoms with Gasteiger partial charge in [0.15, 0.2) is 0 Å². The van der Waals surface area contributed by atoms with Gasteiger partial charge in [-0.1, -0.05) is 31.9 Å². The molecule has 1 saturated carbocycles. The minimum Gasteiger partial charge on any atom is -0.371 e. The lowest BCUT2D eigenvalue weighted by atomic mass is 10.0. The van der Waals surface area contributed by atoms with Crippen LogP contribution in [0.5, 0.6) is 0 Å². The van der Waals surface area contributed by atoms with Crippen LogP contribution in [0.4, 0.5) is 5.69 Å². The molecule has 5 heteroatoms. The fraction of sp³-hybridized carbons (Fsp3) is 0.636. The molecule has 1 aromatic carbocycles. The Bertz CT molecular complexity index is 647. The molecular weight excluding hydrogens is 338 g/mol. The van der Waals surface area contributed by atoms with Crippen LogP contribution in [0.1, 0.15) is 62.2 Å². The van der Waals surface area contributed by atoms with Gasteiger partial charge in [-0.05, 0) is 44.2 Å². The number of nitrogens with one attached hydrogen (secondary N) is 1. The predicted octanol–water partition coefficient (Wildman–Crippen LogP) is 3.44. The largest absolute Gasteiger partial charge is 0.371 e. The van der Waals surface area contributed by atoms with Gasteiger partial charge in [0.1, 0.15) is 0 Å². The Morgan fingerprint density at radius 1 is 1.11 bits per heavy atom. The first-order chi connectivity index (χ1) is 13.1. The summed E-state index contributed by atoms with van der Waals surface area (Å²) in [5.74, 6) is 0.572. The van der Waals surface area contributed by atoms with Crippen LogP contribution in [-0.4, -0.2) is 49.4 Å². The Morgan fingerprint density at radius 3 is 2.44 bits per heavy atom. The van der Waals surface area contributed by atoms with E-state index in [-0.39, 0.29) is 23.8 Å². The number of rotatable bonds is 6. The topological polar surface area (TPSA) is 52.7 Å². The van der Waals surface area contributed by atoms with Gasteiger partial charge >= 0.3 is 0 Å². The molecule has 1 aliphatic heterocycles. The third-order valence-corrected chi connectivity index (χ3v) is 5.95. The quantitative estimate of drug-likeness (QED) is 0.833. The van der Waals surface area contributed by atoms with Gasteiger partial charge in [0.05, 0.1) is 5.56 Å². The van der Waals surface area contributed by atoms with Crippen molar-refractivity contribution in [3.05, 3.63) is 29.8 Å². The van der Waals surface area contributed by atoms with E-state index in [4.69, 9.17) is 0 Å². The highest BCUT2D eigenvalue weighted by Gasteiger charge is 2.28. The molecule has 27 heavy (non-hydrogen) atoms. The highest BCUT2D eigenvalue weighted by molar-refractivity contribution is 5.99. The molecule has 1 saturated heterocycles. The lowest BCUT2D eigenvalue weighted by molar-refractivity contribution is -0.125. The molecule has 2 amide bonds. The van der Waals surface area contributed by atoms with Crippen molar-refractivity contribution >= 4 is 17.5 Å². The number of nitrogens with zero attached hydrogens (tertiary/aromatic N) is 2. The van der Waals surface area contributed by atoms with E-state index in [2.05, 4.69) is 17.1 Å². The van der Waals surface area contributed by atoms with Crippen LogP contribution >= 0.6 is 0 Å². The van der Waals surface area contributed by atoms with Crippen molar-refractivity contribution in [2.45, 2.75) is 57.9 Å². The van der Waals surface area contributed by atoms with E-state index in [1.807, 2.05) is 31.3 Å². The van der Waals surface area contributed by atoms with Crippen LogP contribution in [0.3, 0.4) is 0 Å². The van der Waals surface area contributed by atoms with Crippen molar-refractivity contribution in [2.75, 3.05) is 31.6 Å². The van der Waals surface area contributed by atoms with Gasteiger partial charge in [-0.3, -0.25) is 9.59 Å². The maximum Gasteiger partial charge on any atom is 0.255 e. The molecule has 0 atom stereocenters. The Balaban J connectivity index is 1.59. The van der Waals surface area contributed by atoms with Crippen LogP contribution in [0.15, 0.2) is 24.3 Å². The summed E-state index contributed by atoms with van der Waals surface area (Å²) < 4.78 is 0. The average Bonchev–Trinajstić information content (AvgIpc) is 3.23. The van der Waals surface area contributed by atoms with Crippen molar-refractivity contribution in [3.8, 4) is 0 Å². The monoisotopic (exact) mass is 371 g/mol. The smallest absolute Gasteiger partial charge is 0.255 e. The number of carbonyl (C=O) groups is 2. The fourth-order valence-corrected chi connectivity index (χ4v) is 4.34. The molecule has 0 aromatic heterocycles. The van der Waals surface area contributed by atoms with Gasteiger partial charge < -0.3 is 15.1 Å². The number of piperidine rings is 1. The summed E-state index contributed by atoms with van der Waals surface area (Å²) in [6, 6.07) is 8.17. The molecule has 0 spiro atoms. The standard InChI is InChI=1S/C22H33N3O2/c1-3-14-24(2)22(27)19-10-6-7-11-20(19)25-15-12-18(13-16-25)23-21(26)17-8-4-5-9-17/h6-7,10-11,17-18H,3-5,8-9,12-16H2,1-2H3,(H,23,26). The molecule has 1 aliphatic carbocycles. The Hall–Kier alpha value is -2.04. The molecule has 0 unspecified atom stereocenters. The van der Waals surface area contributed by atoms with Gasteiger partial charge in [-0.25, -0.2) is 0 Å². The van der Waals surface area contributed by atoms with Gasteiger partial charge in [-0.2, -0.15) is 0 Å². The summed E-state index contributed by atoms with van der Waals surface area (Å²) in [6.45, 7) is 4.59. The van der Waals surface area contributed by atoms with Crippen LogP contribution < -0.4 is 10.2 Å². The number of hydrogen-bond donors (Lipinski definition) is 1. The Morgan fingerprint density at radius 2 is 1.78 bits per heavy atom. The number of carbonyl (C=O) groups excluding carboxylic acids is 2. The molecule has 1 N–H and O–H groups in total. The summed E-state index contributed by atoms with van der Waals surface area (Å²) in [5.41, 5.74) is 1.80. The van der Waals surface area contributed by atoms with Crippen molar-refractivity contribution in [1.29, 1.82) is 0 Å². The first-order valence-electron chi connectivity index (χ1n) is 10.5. The third kappa shape index (κ3) is 4.82. The predicted molar refractivity (Wildman–Crippen MR) is 109 cm³/mol. The SMILES string of the molecule is CCCN(C)C(=O)c1ccccc1N1CCC(NC(=O)C2CCCC2)CC1. The number of para-hydroxylation sites is 1. The van der Waals surface area contributed by atoms with Crippen LogP contribution in [0.2, 0.25) is 0 Å². The van der Waals surface area contributed by atoms with Crippen molar-refractivity contribution in [3.63, 3.8) is 0 Å². The van der Waals surface area contributed by atoms with Crippen molar-refractivity contribution in [1.82, 2.24) is 10.2 Å². The van der Waals surface area contributed by atoms with E-state index in [0.717, 1.165) is 63.0 Å². The maximum absolute atomic E-state index is 12.8. The second-order valence-corrected chi connectivity index (χ2v) is 8.00. The van der Waals surface area contributed by atoms with Gasteiger partial charge in [0.25, 0.3) is 5.91 Å². The third-order valence-electron chi connectivity index (χ3n) is 5.95. The Labute approximate surface area is 163 Å². The molecule has 148 valence electrons. The van der Waals surface area contributed by atoms with Gasteiger partial charge in [0.2, 0.25) is 5.91 Å². The van der Waals surface area contributed by atoms with Crippen LogP contribution in [-0.2, 0) is 4.79 Å². The second-order valence-electron chi connectivity index (χ2n) is 8.00. The zero-order chi connectivity index (χ0) is 19.2. The molecule has 1 aromatic rings. The van der Waals surface area contributed by atoms with Crippen molar-refractivity contribution < 1.29 is 9.59 Å². The van der Waals surface area contributed by atoms with Gasteiger partial charge in [0, 0.05) is 44.3 Å². The maximum atomic E-state index is 12.8. The summed E-state index contributed by atoms with van der Waals surface area (Å²) in [4.78, 5) is 29.3. The van der Waals surface area contributed by atoms with E-state index in [1.165, 1.54) is 12.8 Å². The summed E-state index contributed by atoms with van der Waals surface area (Å²) >= 11 is 0. The zero-order valence-electron chi connectivity index (χ0n) is 16.7. The van der Waals surface area contributed by atoms with Crippen LogP contribution in [0.25, 0.3) is 0 Å². The number of anilines is 1. The first kappa shape index (κ1) is 19.7. The molecular formula is C22H33N3O2.